The highest BCUT2D eigenvalue weighted by atomic mass is 35.5. The first kappa shape index (κ1) is 22.9. The van der Waals surface area contributed by atoms with Crippen LogP contribution in [0.4, 0.5) is 4.79 Å². The number of carbonyl (C=O) groups is 2. The molecule has 8 nitrogen and oxygen atoms in total. The summed E-state index contributed by atoms with van der Waals surface area (Å²) in [6.45, 7) is -0.0652. The van der Waals surface area contributed by atoms with Crippen LogP contribution in [0.25, 0.3) is 0 Å². The maximum Gasteiger partial charge on any atom is 0.410 e. The lowest BCUT2D eigenvalue weighted by atomic mass is 9.88. The molecule has 4 rings (SSSR count). The zero-order chi connectivity index (χ0) is 22.9. The van der Waals surface area contributed by atoms with E-state index in [9.17, 15) is 23.3 Å². The van der Waals surface area contributed by atoms with Crippen molar-refractivity contribution in [2.24, 2.45) is 5.92 Å². The van der Waals surface area contributed by atoms with Gasteiger partial charge in [0.2, 0.25) is 5.91 Å². The number of likely N-dealkylation sites (tertiary alicyclic amines) is 1. The molecule has 3 fully saturated rings. The number of amides is 2. The number of alkyl carbamates (subject to hydrolysis) is 1. The van der Waals surface area contributed by atoms with Gasteiger partial charge in [0.15, 0.2) is 16.1 Å². The lowest BCUT2D eigenvalue weighted by molar-refractivity contribution is -0.143. The number of sulfone groups is 1. The highest BCUT2D eigenvalue weighted by molar-refractivity contribution is 7.92. The molecule has 0 spiro atoms. The minimum Gasteiger partial charge on any atom is -0.425 e. The topological polar surface area (TPSA) is 117 Å². The number of nitrogens with zero attached hydrogens (tertiary/aromatic N) is 2. The number of nitriles is 1. The van der Waals surface area contributed by atoms with Gasteiger partial charge in [0, 0.05) is 18.9 Å². The van der Waals surface area contributed by atoms with E-state index in [0.717, 1.165) is 32.1 Å². The molecule has 2 saturated carbocycles. The normalized spacial score (nSPS) is 25.1. The van der Waals surface area contributed by atoms with E-state index in [0.29, 0.717) is 12.8 Å². The predicted molar refractivity (Wildman–Crippen MR) is 116 cm³/mol. The number of benzene rings is 1. The van der Waals surface area contributed by atoms with E-state index >= 15 is 0 Å². The standard InChI is InChI=1S/C22H26ClN3O5S/c23-17-8-4-5-9-18(17)32(29,30)16-12-19(31-21(28)25-22(14-24)10-11-22)26(13-16)20(27)15-6-2-1-3-7-15/h4-5,8-9,15-16,19H,1-3,6-7,10-13H2,(H,25,28)/t16-,19+/m1/s1. The maximum atomic E-state index is 13.3. The van der Waals surface area contributed by atoms with Crippen LogP contribution >= 0.6 is 11.6 Å². The van der Waals surface area contributed by atoms with E-state index in [1.54, 1.807) is 12.1 Å². The van der Waals surface area contributed by atoms with Crippen LogP contribution in [0.5, 0.6) is 0 Å². The van der Waals surface area contributed by atoms with Gasteiger partial charge in [-0.05, 0) is 37.8 Å². The summed E-state index contributed by atoms with van der Waals surface area (Å²) in [7, 11) is -3.85. The molecule has 0 radical (unpaired) electrons. The molecule has 2 atom stereocenters. The van der Waals surface area contributed by atoms with E-state index in [2.05, 4.69) is 11.4 Å². The minimum absolute atomic E-state index is 0.00301. The van der Waals surface area contributed by atoms with Gasteiger partial charge < -0.3 is 15.0 Å². The first-order valence-electron chi connectivity index (χ1n) is 10.9. The van der Waals surface area contributed by atoms with Gasteiger partial charge in [-0.25, -0.2) is 13.2 Å². The van der Waals surface area contributed by atoms with Crippen molar-refractivity contribution in [1.82, 2.24) is 10.2 Å². The van der Waals surface area contributed by atoms with E-state index in [-0.39, 0.29) is 34.7 Å². The second-order valence-corrected chi connectivity index (χ2v) is 11.4. The molecule has 2 amide bonds. The van der Waals surface area contributed by atoms with Crippen LogP contribution in [0.2, 0.25) is 5.02 Å². The third-order valence-corrected chi connectivity index (χ3v) is 9.21. The highest BCUT2D eigenvalue weighted by Crippen LogP contribution is 2.36. The summed E-state index contributed by atoms with van der Waals surface area (Å²) in [6, 6.07) is 8.24. The van der Waals surface area contributed by atoms with Crippen molar-refractivity contribution < 1.29 is 22.7 Å². The predicted octanol–water partition coefficient (Wildman–Crippen LogP) is 3.40. The number of halogens is 1. The van der Waals surface area contributed by atoms with Gasteiger partial charge in [0.1, 0.15) is 5.54 Å². The fourth-order valence-corrected chi connectivity index (χ4v) is 6.71. The van der Waals surface area contributed by atoms with Crippen molar-refractivity contribution in [3.05, 3.63) is 29.3 Å². The van der Waals surface area contributed by atoms with Crippen molar-refractivity contribution in [2.45, 2.75) is 73.3 Å². The van der Waals surface area contributed by atoms with Crippen molar-refractivity contribution in [2.75, 3.05) is 6.54 Å². The summed E-state index contributed by atoms with van der Waals surface area (Å²) >= 11 is 6.14. The lowest BCUT2D eigenvalue weighted by Crippen LogP contribution is -2.45. The van der Waals surface area contributed by atoms with Gasteiger partial charge in [-0.15, -0.1) is 0 Å². The number of hydrogen-bond donors (Lipinski definition) is 1. The van der Waals surface area contributed by atoms with Crippen molar-refractivity contribution in [3.8, 4) is 6.07 Å². The van der Waals surface area contributed by atoms with Gasteiger partial charge >= 0.3 is 6.09 Å². The Hall–Kier alpha value is -2.31. The van der Waals surface area contributed by atoms with Crippen LogP contribution in [0, 0.1) is 17.2 Å². The molecule has 32 heavy (non-hydrogen) atoms. The number of nitrogens with one attached hydrogen (secondary N) is 1. The number of carbonyl (C=O) groups excluding carboxylic acids is 2. The molecule has 0 bridgehead atoms. The zero-order valence-corrected chi connectivity index (χ0v) is 19.2. The van der Waals surface area contributed by atoms with Crippen molar-refractivity contribution >= 4 is 33.4 Å². The van der Waals surface area contributed by atoms with Gasteiger partial charge in [-0.1, -0.05) is 43.0 Å². The van der Waals surface area contributed by atoms with Crippen LogP contribution in [-0.2, 0) is 19.4 Å². The Morgan fingerprint density at radius 1 is 1.19 bits per heavy atom. The number of hydrogen-bond acceptors (Lipinski definition) is 6. The molecular formula is C22H26ClN3O5S. The summed E-state index contributed by atoms with van der Waals surface area (Å²) in [6.07, 6.45) is 3.67. The molecule has 3 aliphatic rings. The molecule has 1 aromatic carbocycles. The molecule has 2 aliphatic carbocycles. The Morgan fingerprint density at radius 3 is 2.50 bits per heavy atom. The Balaban J connectivity index is 1.55. The fraction of sp³-hybridized carbons (Fsp3) is 0.591. The quantitative estimate of drug-likeness (QED) is 0.691. The first-order chi connectivity index (χ1) is 15.3. The van der Waals surface area contributed by atoms with Crippen LogP contribution in [-0.4, -0.2) is 48.9 Å². The SMILES string of the molecule is N#CC1(NC(=O)O[C@H]2C[C@@H](S(=O)(=O)c3ccccc3Cl)CN2C(=O)C2CCCCC2)CC1. The monoisotopic (exact) mass is 479 g/mol. The average molecular weight is 480 g/mol. The average Bonchev–Trinajstić information content (AvgIpc) is 3.43. The van der Waals surface area contributed by atoms with E-state index < -0.39 is 32.9 Å². The molecule has 1 N–H and O–H groups in total. The fourth-order valence-electron chi connectivity index (χ4n) is 4.51. The lowest BCUT2D eigenvalue weighted by Gasteiger charge is -2.30. The largest absolute Gasteiger partial charge is 0.425 e. The Kier molecular flexibility index (Phi) is 6.37. The Bertz CT molecular complexity index is 1040. The van der Waals surface area contributed by atoms with E-state index in [1.165, 1.54) is 17.0 Å². The summed E-state index contributed by atoms with van der Waals surface area (Å²) in [5.41, 5.74) is -0.920. The first-order valence-corrected chi connectivity index (χ1v) is 12.9. The molecule has 0 unspecified atom stereocenters. The number of rotatable bonds is 5. The van der Waals surface area contributed by atoms with Crippen LogP contribution in [0.3, 0.4) is 0 Å². The van der Waals surface area contributed by atoms with Crippen LogP contribution in [0.1, 0.15) is 51.4 Å². The van der Waals surface area contributed by atoms with Crippen LogP contribution in [0.15, 0.2) is 29.2 Å². The van der Waals surface area contributed by atoms with E-state index in [1.807, 2.05) is 0 Å². The molecule has 1 aromatic rings. The summed E-state index contributed by atoms with van der Waals surface area (Å²) in [4.78, 5) is 27.1. The number of ether oxygens (including phenoxy) is 1. The Morgan fingerprint density at radius 2 is 1.88 bits per heavy atom. The second kappa shape index (κ2) is 8.91. The van der Waals surface area contributed by atoms with Gasteiger partial charge in [0.25, 0.3) is 0 Å². The van der Waals surface area contributed by atoms with Crippen molar-refractivity contribution in [3.63, 3.8) is 0 Å². The summed E-state index contributed by atoms with van der Waals surface area (Å²) in [5, 5.41) is 10.9. The third-order valence-electron chi connectivity index (χ3n) is 6.58. The van der Waals surface area contributed by atoms with Gasteiger partial charge in [0.05, 0.1) is 21.2 Å². The van der Waals surface area contributed by atoms with Gasteiger partial charge in [-0.3, -0.25) is 4.79 Å². The Labute approximate surface area is 192 Å². The molecule has 10 heteroatoms. The minimum atomic E-state index is -3.85. The molecule has 1 aliphatic heterocycles. The summed E-state index contributed by atoms with van der Waals surface area (Å²) in [5.74, 6) is -0.380. The highest BCUT2D eigenvalue weighted by Gasteiger charge is 2.48. The van der Waals surface area contributed by atoms with Crippen LogP contribution < -0.4 is 5.32 Å². The summed E-state index contributed by atoms with van der Waals surface area (Å²) < 4.78 is 32.1. The van der Waals surface area contributed by atoms with Gasteiger partial charge in [-0.2, -0.15) is 5.26 Å². The smallest absolute Gasteiger partial charge is 0.410 e. The second-order valence-electron chi connectivity index (χ2n) is 8.84. The molecule has 172 valence electrons. The maximum absolute atomic E-state index is 13.3. The van der Waals surface area contributed by atoms with Crippen molar-refractivity contribution in [1.29, 1.82) is 5.26 Å². The molecular weight excluding hydrogens is 454 g/mol. The van der Waals surface area contributed by atoms with E-state index in [4.69, 9.17) is 16.3 Å². The zero-order valence-electron chi connectivity index (χ0n) is 17.6. The molecule has 1 saturated heterocycles. The molecule has 1 heterocycles. The third kappa shape index (κ3) is 4.57. The molecule has 0 aromatic heterocycles.